The van der Waals surface area contributed by atoms with Crippen LogP contribution in [0.25, 0.3) is 0 Å². The van der Waals surface area contributed by atoms with E-state index >= 15 is 0 Å². The second-order valence-electron chi connectivity index (χ2n) is 3.16. The summed E-state index contributed by atoms with van der Waals surface area (Å²) in [7, 11) is 0. The van der Waals surface area contributed by atoms with Crippen LogP contribution in [0.2, 0.25) is 0 Å². The van der Waals surface area contributed by atoms with Crippen LogP contribution in [0.5, 0.6) is 0 Å². The van der Waals surface area contributed by atoms with Crippen LogP contribution >= 0.6 is 0 Å². The highest BCUT2D eigenvalue weighted by atomic mass is 14.1. The van der Waals surface area contributed by atoms with E-state index in [1.807, 2.05) is 0 Å². The van der Waals surface area contributed by atoms with Gasteiger partial charge in [-0.25, -0.2) is 0 Å². The zero-order valence-corrected chi connectivity index (χ0v) is 6.33. The van der Waals surface area contributed by atoms with Crippen LogP contribution in [0.1, 0.15) is 33.6 Å². The van der Waals surface area contributed by atoms with Crippen molar-refractivity contribution < 1.29 is 0 Å². The smallest absolute Gasteiger partial charge is 0.0383 e. The Hall–Kier alpha value is -0.0400. The summed E-state index contributed by atoms with van der Waals surface area (Å²) < 4.78 is 0. The van der Waals surface area contributed by atoms with Crippen molar-refractivity contribution in [2.45, 2.75) is 33.6 Å². The van der Waals surface area contributed by atoms with Gasteiger partial charge in [0.05, 0.1) is 0 Å². The van der Waals surface area contributed by atoms with Gasteiger partial charge in [-0.15, -0.1) is 0 Å². The summed E-state index contributed by atoms with van der Waals surface area (Å²) in [5.74, 6) is 0. The maximum absolute atomic E-state index is 3.77. The third kappa shape index (κ3) is 9.35. The predicted octanol–water partition coefficient (Wildman–Crippen LogP) is 2.81. The first-order valence-electron chi connectivity index (χ1n) is 2.85. The van der Waals surface area contributed by atoms with Crippen molar-refractivity contribution in [3.63, 3.8) is 0 Å². The number of rotatable bonds is 1. The maximum Gasteiger partial charge on any atom is -0.0383 e. The molecular weight excluding hydrogens is 98.1 g/mol. The van der Waals surface area contributed by atoms with E-state index in [-0.39, 0.29) is 6.15 Å². The lowest BCUT2D eigenvalue weighted by Gasteiger charge is -2.15. The quantitative estimate of drug-likeness (QED) is 0.561. The highest BCUT2D eigenvalue weighted by Crippen LogP contribution is 2.19. The van der Waals surface area contributed by atoms with Gasteiger partial charge < -0.3 is 6.15 Å². The largest absolute Gasteiger partial charge is 0.344 e. The molecule has 0 aromatic rings. The molecule has 8 heavy (non-hydrogen) atoms. The molecule has 1 heteroatoms. The molecule has 0 aliphatic carbocycles. The Labute approximate surface area is 53.1 Å². The third-order valence-corrected chi connectivity index (χ3v) is 0.927. The van der Waals surface area contributed by atoms with Crippen molar-refractivity contribution in [3.8, 4) is 0 Å². The average molecular weight is 116 g/mol. The third-order valence-electron chi connectivity index (χ3n) is 0.927. The lowest BCUT2D eigenvalue weighted by atomic mass is 9.91. The Morgan fingerprint density at radius 3 is 1.62 bits per heavy atom. The zero-order valence-electron chi connectivity index (χ0n) is 6.33. The first kappa shape index (κ1) is 10.9. The van der Waals surface area contributed by atoms with Gasteiger partial charge in [0.1, 0.15) is 0 Å². The molecule has 0 bridgehead atoms. The maximum atomic E-state index is 3.77. The fourth-order valence-electron chi connectivity index (χ4n) is 0.530. The molecule has 0 aromatic heterocycles. The lowest BCUT2D eigenvalue weighted by Crippen LogP contribution is -2.02. The van der Waals surface area contributed by atoms with Gasteiger partial charge in [0.2, 0.25) is 0 Å². The molecule has 0 saturated heterocycles. The van der Waals surface area contributed by atoms with Crippen LogP contribution in [0.4, 0.5) is 0 Å². The molecule has 0 aromatic carbocycles. The van der Waals surface area contributed by atoms with Gasteiger partial charge in [-0.2, -0.15) is 0 Å². The predicted molar refractivity (Wildman–Crippen MR) is 39.1 cm³/mol. The van der Waals surface area contributed by atoms with Crippen molar-refractivity contribution in [3.05, 3.63) is 6.92 Å². The van der Waals surface area contributed by atoms with E-state index in [0.717, 1.165) is 6.42 Å². The van der Waals surface area contributed by atoms with Gasteiger partial charge in [0, 0.05) is 0 Å². The highest BCUT2D eigenvalue weighted by molar-refractivity contribution is 4.60. The Balaban J connectivity index is 0. The van der Waals surface area contributed by atoms with Crippen molar-refractivity contribution in [2.75, 3.05) is 0 Å². The van der Waals surface area contributed by atoms with Gasteiger partial charge >= 0.3 is 0 Å². The van der Waals surface area contributed by atoms with Crippen molar-refractivity contribution in [2.24, 2.45) is 5.41 Å². The first-order valence-corrected chi connectivity index (χ1v) is 2.85. The van der Waals surface area contributed by atoms with Crippen LogP contribution in [-0.2, 0) is 0 Å². The van der Waals surface area contributed by atoms with Crippen LogP contribution < -0.4 is 6.15 Å². The van der Waals surface area contributed by atoms with Crippen molar-refractivity contribution >= 4 is 0 Å². The normalized spacial score (nSPS) is 10.5. The second kappa shape index (κ2) is 3.90. The summed E-state index contributed by atoms with van der Waals surface area (Å²) in [5.41, 5.74) is 0.488. The molecule has 0 rings (SSSR count). The summed E-state index contributed by atoms with van der Waals surface area (Å²) in [5, 5.41) is 0. The van der Waals surface area contributed by atoms with E-state index in [4.69, 9.17) is 0 Å². The highest BCUT2D eigenvalue weighted by Gasteiger charge is 2.06. The monoisotopic (exact) mass is 116 g/mol. The minimum atomic E-state index is 0. The summed E-state index contributed by atoms with van der Waals surface area (Å²) in [6.07, 6.45) is 2.29. The molecule has 0 amide bonds. The van der Waals surface area contributed by atoms with Gasteiger partial charge in [0.25, 0.3) is 0 Å². The van der Waals surface area contributed by atoms with Crippen LogP contribution in [0.15, 0.2) is 0 Å². The standard InChI is InChI=1S/C7H15.H3N/c1-5-6-7(2,3)4;/h1,5-6H2,2-4H3;1H3. The molecule has 0 fully saturated rings. The SMILES string of the molecule is N.[CH2]CCC(C)(C)C. The summed E-state index contributed by atoms with van der Waals surface area (Å²) >= 11 is 0. The molecule has 0 unspecified atom stereocenters. The second-order valence-corrected chi connectivity index (χ2v) is 3.16. The average Bonchev–Trinajstić information content (AvgIpc) is 1.30. The fraction of sp³-hybridized carbons (Fsp3) is 0.857. The minimum Gasteiger partial charge on any atom is -0.344 e. The van der Waals surface area contributed by atoms with Gasteiger partial charge in [-0.3, -0.25) is 0 Å². The van der Waals surface area contributed by atoms with Crippen LogP contribution in [0, 0.1) is 12.3 Å². The molecule has 0 spiro atoms. The molecule has 0 saturated carbocycles. The van der Waals surface area contributed by atoms with Crippen molar-refractivity contribution in [1.82, 2.24) is 6.15 Å². The van der Waals surface area contributed by atoms with Crippen LogP contribution in [-0.4, -0.2) is 0 Å². The summed E-state index contributed by atoms with van der Waals surface area (Å²) in [6, 6.07) is 0. The molecule has 0 aliphatic heterocycles. The molecule has 51 valence electrons. The first-order chi connectivity index (χ1) is 3.06. The Morgan fingerprint density at radius 1 is 1.25 bits per heavy atom. The molecule has 1 nitrogen and oxygen atoms in total. The van der Waals surface area contributed by atoms with E-state index in [9.17, 15) is 0 Å². The molecule has 1 radical (unpaired) electrons. The molecule has 0 aliphatic rings. The molecule has 0 atom stereocenters. The summed E-state index contributed by atoms with van der Waals surface area (Å²) in [4.78, 5) is 0. The van der Waals surface area contributed by atoms with Gasteiger partial charge in [0.15, 0.2) is 0 Å². The van der Waals surface area contributed by atoms with Crippen LogP contribution in [0.3, 0.4) is 0 Å². The Kier molecular flexibility index (Phi) is 5.29. The molecular formula is C7H18N. The van der Waals surface area contributed by atoms with E-state index in [0.29, 0.717) is 5.41 Å². The Morgan fingerprint density at radius 2 is 1.62 bits per heavy atom. The zero-order chi connectivity index (χ0) is 5.91. The number of hydrogen-bond acceptors (Lipinski definition) is 1. The topological polar surface area (TPSA) is 35.0 Å². The minimum absolute atomic E-state index is 0. The molecule has 3 N–H and O–H groups in total. The van der Waals surface area contributed by atoms with Gasteiger partial charge in [-0.05, 0) is 11.8 Å². The van der Waals surface area contributed by atoms with E-state index in [2.05, 4.69) is 27.7 Å². The van der Waals surface area contributed by atoms with E-state index in [1.54, 1.807) is 0 Å². The van der Waals surface area contributed by atoms with E-state index in [1.165, 1.54) is 6.42 Å². The Bertz CT molecular complexity index is 42.8. The molecule has 0 heterocycles. The summed E-state index contributed by atoms with van der Waals surface area (Å²) in [6.45, 7) is 10.5. The lowest BCUT2D eigenvalue weighted by molar-refractivity contribution is 0.381. The van der Waals surface area contributed by atoms with E-state index < -0.39 is 0 Å². The van der Waals surface area contributed by atoms with Crippen molar-refractivity contribution in [1.29, 1.82) is 0 Å². The fourth-order valence-corrected chi connectivity index (χ4v) is 0.530. The van der Waals surface area contributed by atoms with Gasteiger partial charge in [-0.1, -0.05) is 34.1 Å². The number of hydrogen-bond donors (Lipinski definition) is 1.